The first-order valence-electron chi connectivity index (χ1n) is 6.29. The first-order valence-corrected chi connectivity index (χ1v) is 7.77. The summed E-state index contributed by atoms with van der Waals surface area (Å²) in [5.74, 6) is -1.19. The number of aliphatic hydroxyl groups excluding tert-OH is 1. The first kappa shape index (κ1) is 17.4. The van der Waals surface area contributed by atoms with Gasteiger partial charge in [-0.05, 0) is 38.5 Å². The summed E-state index contributed by atoms with van der Waals surface area (Å²) in [5.41, 5.74) is -0.233. The van der Waals surface area contributed by atoms with E-state index in [1.807, 2.05) is 0 Å². The van der Waals surface area contributed by atoms with Crippen LogP contribution in [0.15, 0.2) is 23.1 Å². The van der Waals surface area contributed by atoms with Gasteiger partial charge in [0.25, 0.3) is 0 Å². The summed E-state index contributed by atoms with van der Waals surface area (Å²) in [6.45, 7) is 3.17. The number of benzene rings is 1. The second-order valence-electron chi connectivity index (χ2n) is 4.77. The Morgan fingerprint density at radius 1 is 1.38 bits per heavy atom. The fourth-order valence-electron chi connectivity index (χ4n) is 1.91. The highest BCUT2D eigenvalue weighted by Gasteiger charge is 2.21. The van der Waals surface area contributed by atoms with Crippen molar-refractivity contribution in [3.8, 4) is 5.75 Å². The van der Waals surface area contributed by atoms with Crippen molar-refractivity contribution in [2.45, 2.75) is 37.3 Å². The number of carboxylic acid groups (broad SMARTS) is 1. The molecule has 0 fully saturated rings. The Morgan fingerprint density at radius 3 is 2.48 bits per heavy atom. The predicted molar refractivity (Wildman–Crippen MR) is 76.0 cm³/mol. The number of aliphatic hydroxyl groups is 1. The van der Waals surface area contributed by atoms with Gasteiger partial charge in [-0.2, -0.15) is 0 Å². The molecule has 0 aliphatic rings. The topological polar surface area (TPSA) is 113 Å². The number of methoxy groups -OCH3 is 1. The summed E-state index contributed by atoms with van der Waals surface area (Å²) in [6, 6.07) is 3.11. The number of rotatable bonds is 7. The Bertz CT molecular complexity index is 611. The molecule has 0 saturated heterocycles. The molecule has 3 N–H and O–H groups in total. The molecule has 2 atom stereocenters. The maximum atomic E-state index is 12.2. The second-order valence-corrected chi connectivity index (χ2v) is 6.49. The van der Waals surface area contributed by atoms with Crippen LogP contribution in [0.2, 0.25) is 0 Å². The number of sulfonamides is 1. The van der Waals surface area contributed by atoms with Gasteiger partial charge < -0.3 is 14.9 Å². The maximum absolute atomic E-state index is 12.2. The summed E-state index contributed by atoms with van der Waals surface area (Å²) in [4.78, 5) is 10.9. The van der Waals surface area contributed by atoms with E-state index in [1.165, 1.54) is 19.2 Å². The number of nitrogens with one attached hydrogen (secondary N) is 1. The Kier molecular flexibility index (Phi) is 5.70. The normalized spacial score (nSPS) is 14.5. The SMILES string of the molecule is COc1ccc(S(=O)(=O)NC(C)CC(C)O)cc1C(=O)O. The van der Waals surface area contributed by atoms with E-state index >= 15 is 0 Å². The summed E-state index contributed by atoms with van der Waals surface area (Å²) < 4.78 is 31.6. The smallest absolute Gasteiger partial charge is 0.339 e. The summed E-state index contributed by atoms with van der Waals surface area (Å²) >= 11 is 0. The molecule has 1 rings (SSSR count). The lowest BCUT2D eigenvalue weighted by Crippen LogP contribution is -2.34. The van der Waals surface area contributed by atoms with Crippen molar-refractivity contribution in [3.05, 3.63) is 23.8 Å². The van der Waals surface area contributed by atoms with Gasteiger partial charge in [0.2, 0.25) is 10.0 Å². The number of hydrogen-bond donors (Lipinski definition) is 3. The summed E-state index contributed by atoms with van der Waals surface area (Å²) in [6.07, 6.45) is -0.394. The van der Waals surface area contributed by atoms with Gasteiger partial charge in [-0.1, -0.05) is 0 Å². The minimum Gasteiger partial charge on any atom is -0.496 e. The number of hydrogen-bond acceptors (Lipinski definition) is 5. The molecule has 21 heavy (non-hydrogen) atoms. The molecule has 1 aromatic carbocycles. The lowest BCUT2D eigenvalue weighted by molar-refractivity contribution is 0.0693. The minimum absolute atomic E-state index is 0.0819. The molecule has 0 radical (unpaired) electrons. The number of aromatic carboxylic acids is 1. The highest BCUT2D eigenvalue weighted by atomic mass is 32.2. The van der Waals surface area contributed by atoms with Gasteiger partial charge in [0.05, 0.1) is 18.1 Å². The van der Waals surface area contributed by atoms with E-state index in [2.05, 4.69) is 4.72 Å². The number of carbonyl (C=O) groups is 1. The third-order valence-corrected chi connectivity index (χ3v) is 4.35. The monoisotopic (exact) mass is 317 g/mol. The fourth-order valence-corrected chi connectivity index (χ4v) is 3.20. The minimum atomic E-state index is -3.87. The van der Waals surface area contributed by atoms with Gasteiger partial charge in [-0.3, -0.25) is 0 Å². The Balaban J connectivity index is 3.09. The predicted octanol–water partition coefficient (Wildman–Crippen LogP) is 0.831. The molecular formula is C13H19NO6S. The van der Waals surface area contributed by atoms with E-state index in [1.54, 1.807) is 13.8 Å². The van der Waals surface area contributed by atoms with Gasteiger partial charge in [-0.25, -0.2) is 17.9 Å². The zero-order valence-electron chi connectivity index (χ0n) is 12.0. The third kappa shape index (κ3) is 4.69. The lowest BCUT2D eigenvalue weighted by atomic mass is 10.2. The summed E-state index contributed by atoms with van der Waals surface area (Å²) in [7, 11) is -2.56. The second kappa shape index (κ2) is 6.88. The molecular weight excluding hydrogens is 298 g/mol. The van der Waals surface area contributed by atoms with Crippen molar-refractivity contribution < 1.29 is 28.2 Å². The molecule has 0 saturated carbocycles. The largest absolute Gasteiger partial charge is 0.496 e. The molecule has 1 aromatic rings. The molecule has 2 unspecified atom stereocenters. The van der Waals surface area contributed by atoms with Gasteiger partial charge in [0, 0.05) is 6.04 Å². The fraction of sp³-hybridized carbons (Fsp3) is 0.462. The van der Waals surface area contributed by atoms with Crippen molar-refractivity contribution in [1.82, 2.24) is 4.72 Å². The van der Waals surface area contributed by atoms with Crippen molar-refractivity contribution in [3.63, 3.8) is 0 Å². The molecule has 0 aliphatic heterocycles. The highest BCUT2D eigenvalue weighted by Crippen LogP contribution is 2.22. The third-order valence-electron chi connectivity index (χ3n) is 2.76. The van der Waals surface area contributed by atoms with E-state index in [0.29, 0.717) is 0 Å². The molecule has 0 spiro atoms. The Hall–Kier alpha value is -1.64. The average Bonchev–Trinajstić information content (AvgIpc) is 2.35. The zero-order valence-corrected chi connectivity index (χ0v) is 12.8. The van der Waals surface area contributed by atoms with Crippen LogP contribution >= 0.6 is 0 Å². The van der Waals surface area contributed by atoms with Gasteiger partial charge >= 0.3 is 5.97 Å². The maximum Gasteiger partial charge on any atom is 0.339 e. The Morgan fingerprint density at radius 2 is 2.00 bits per heavy atom. The van der Waals surface area contributed by atoms with E-state index in [-0.39, 0.29) is 22.6 Å². The van der Waals surface area contributed by atoms with E-state index in [9.17, 15) is 18.3 Å². The zero-order chi connectivity index (χ0) is 16.2. The lowest BCUT2D eigenvalue weighted by Gasteiger charge is -2.16. The van der Waals surface area contributed by atoms with Gasteiger partial charge in [0.15, 0.2) is 0 Å². The molecule has 8 heteroatoms. The van der Waals surface area contributed by atoms with Crippen LogP contribution in [0.4, 0.5) is 0 Å². The molecule has 0 aliphatic carbocycles. The van der Waals surface area contributed by atoms with Crippen LogP contribution < -0.4 is 9.46 Å². The quantitative estimate of drug-likeness (QED) is 0.686. The van der Waals surface area contributed by atoms with Crippen LogP contribution in [0.1, 0.15) is 30.6 Å². The van der Waals surface area contributed by atoms with Gasteiger partial charge in [-0.15, -0.1) is 0 Å². The van der Waals surface area contributed by atoms with Crippen LogP contribution in [-0.2, 0) is 10.0 Å². The van der Waals surface area contributed by atoms with Crippen LogP contribution in [0.25, 0.3) is 0 Å². The average molecular weight is 317 g/mol. The van der Waals surface area contributed by atoms with E-state index in [0.717, 1.165) is 6.07 Å². The van der Waals surface area contributed by atoms with Crippen LogP contribution in [0.5, 0.6) is 5.75 Å². The molecule has 0 amide bonds. The van der Waals surface area contributed by atoms with Crippen molar-refractivity contribution >= 4 is 16.0 Å². The number of carboxylic acids is 1. The van der Waals surface area contributed by atoms with Crippen LogP contribution in [0.3, 0.4) is 0 Å². The Labute approximate surface area is 123 Å². The van der Waals surface area contributed by atoms with Crippen molar-refractivity contribution in [2.24, 2.45) is 0 Å². The molecule has 7 nitrogen and oxygen atoms in total. The summed E-state index contributed by atoms with van der Waals surface area (Å²) in [5, 5.41) is 18.3. The van der Waals surface area contributed by atoms with Gasteiger partial charge in [0.1, 0.15) is 11.3 Å². The van der Waals surface area contributed by atoms with E-state index in [4.69, 9.17) is 9.84 Å². The standard InChI is InChI=1S/C13H19NO6S/c1-8(6-9(2)15)14-21(18,19)10-4-5-12(20-3)11(7-10)13(16)17/h4-5,7-9,14-15H,6H2,1-3H3,(H,16,17). The number of ether oxygens (including phenoxy) is 1. The molecule has 0 bridgehead atoms. The van der Waals surface area contributed by atoms with Crippen LogP contribution in [-0.4, -0.2) is 43.9 Å². The highest BCUT2D eigenvalue weighted by molar-refractivity contribution is 7.89. The van der Waals surface area contributed by atoms with Crippen molar-refractivity contribution in [1.29, 1.82) is 0 Å². The van der Waals surface area contributed by atoms with Crippen LogP contribution in [0, 0.1) is 0 Å². The van der Waals surface area contributed by atoms with E-state index < -0.39 is 28.1 Å². The molecule has 0 heterocycles. The molecule has 118 valence electrons. The van der Waals surface area contributed by atoms with Crippen molar-refractivity contribution in [2.75, 3.05) is 7.11 Å². The first-order chi connectivity index (χ1) is 9.67. The molecule has 0 aromatic heterocycles.